The molecule has 0 bridgehead atoms. The molecular formula is C13H17IN4. The van der Waals surface area contributed by atoms with E-state index in [4.69, 9.17) is 0 Å². The molecule has 4 nitrogen and oxygen atoms in total. The Morgan fingerprint density at radius 2 is 2.00 bits per heavy atom. The van der Waals surface area contributed by atoms with Crippen molar-refractivity contribution in [1.82, 2.24) is 20.1 Å². The van der Waals surface area contributed by atoms with E-state index < -0.39 is 0 Å². The predicted octanol–water partition coefficient (Wildman–Crippen LogP) is 2.43. The molecule has 0 aliphatic rings. The van der Waals surface area contributed by atoms with E-state index in [-0.39, 0.29) is 0 Å². The number of hydrogen-bond acceptors (Lipinski definition) is 3. The summed E-state index contributed by atoms with van der Waals surface area (Å²) in [6.07, 6.45) is 1.79. The molecule has 5 heteroatoms. The second kappa shape index (κ2) is 6.29. The molecule has 1 aromatic heterocycles. The van der Waals surface area contributed by atoms with E-state index in [1.807, 2.05) is 4.68 Å². The van der Waals surface area contributed by atoms with Crippen molar-refractivity contribution in [1.29, 1.82) is 0 Å². The fourth-order valence-electron chi connectivity index (χ4n) is 1.56. The first-order valence-corrected chi connectivity index (χ1v) is 7.07. The zero-order chi connectivity index (χ0) is 13.0. The molecule has 0 aliphatic carbocycles. The monoisotopic (exact) mass is 356 g/mol. The number of nitrogens with one attached hydrogen (secondary N) is 1. The Labute approximate surface area is 121 Å². The van der Waals surface area contributed by atoms with E-state index in [1.54, 1.807) is 6.33 Å². The van der Waals surface area contributed by atoms with Gasteiger partial charge >= 0.3 is 0 Å². The highest BCUT2D eigenvalue weighted by atomic mass is 127. The van der Waals surface area contributed by atoms with Crippen LogP contribution in [0.1, 0.15) is 25.2 Å². The Balaban J connectivity index is 1.95. The van der Waals surface area contributed by atoms with Crippen molar-refractivity contribution in [2.75, 3.05) is 0 Å². The first kappa shape index (κ1) is 13.5. The molecule has 0 saturated heterocycles. The molecule has 1 aromatic carbocycles. The van der Waals surface area contributed by atoms with Crippen LogP contribution in [0.3, 0.4) is 0 Å². The number of halogens is 1. The van der Waals surface area contributed by atoms with Crippen LogP contribution >= 0.6 is 22.6 Å². The molecule has 1 heterocycles. The van der Waals surface area contributed by atoms with Gasteiger partial charge in [0.2, 0.25) is 0 Å². The van der Waals surface area contributed by atoms with Crippen LogP contribution in [0.2, 0.25) is 0 Å². The van der Waals surface area contributed by atoms with Gasteiger partial charge in [0, 0.05) is 9.61 Å². The summed E-state index contributed by atoms with van der Waals surface area (Å²) >= 11 is 2.31. The normalized spacial score (nSPS) is 11.1. The van der Waals surface area contributed by atoms with Gasteiger partial charge in [-0.1, -0.05) is 26.0 Å². The lowest BCUT2D eigenvalue weighted by atomic mass is 10.2. The van der Waals surface area contributed by atoms with Crippen molar-refractivity contribution < 1.29 is 0 Å². The van der Waals surface area contributed by atoms with Gasteiger partial charge in [-0.2, -0.15) is 5.10 Å². The highest BCUT2D eigenvalue weighted by Gasteiger charge is 2.02. The van der Waals surface area contributed by atoms with Crippen molar-refractivity contribution in [3.8, 4) is 0 Å². The molecule has 0 aliphatic heterocycles. The molecule has 0 radical (unpaired) electrons. The minimum atomic E-state index is 0.452. The fourth-order valence-corrected chi connectivity index (χ4v) is 1.92. The first-order chi connectivity index (χ1) is 8.63. The van der Waals surface area contributed by atoms with Gasteiger partial charge in [0.05, 0.1) is 13.1 Å². The lowest BCUT2D eigenvalue weighted by molar-refractivity contribution is 0.565. The zero-order valence-electron chi connectivity index (χ0n) is 10.6. The quantitative estimate of drug-likeness (QED) is 0.837. The summed E-state index contributed by atoms with van der Waals surface area (Å²) in [6, 6.07) is 8.90. The molecule has 96 valence electrons. The van der Waals surface area contributed by atoms with Crippen molar-refractivity contribution in [3.63, 3.8) is 0 Å². The highest BCUT2D eigenvalue weighted by Crippen LogP contribution is 2.07. The number of benzene rings is 1. The van der Waals surface area contributed by atoms with Gasteiger partial charge in [-0.05, 0) is 40.3 Å². The summed E-state index contributed by atoms with van der Waals surface area (Å²) < 4.78 is 3.12. The highest BCUT2D eigenvalue weighted by molar-refractivity contribution is 14.1. The van der Waals surface area contributed by atoms with Gasteiger partial charge in [0.15, 0.2) is 5.82 Å². The molecule has 0 unspecified atom stereocenters. The van der Waals surface area contributed by atoms with Gasteiger partial charge in [-0.25, -0.2) is 9.67 Å². The molecule has 0 spiro atoms. The number of nitrogens with zero attached hydrogens (tertiary/aromatic N) is 3. The summed E-state index contributed by atoms with van der Waals surface area (Å²) in [7, 11) is 0. The number of hydrogen-bond donors (Lipinski definition) is 1. The molecular weight excluding hydrogens is 339 g/mol. The summed E-state index contributed by atoms with van der Waals surface area (Å²) in [5.41, 5.74) is 1.24. The van der Waals surface area contributed by atoms with Crippen LogP contribution in [0.15, 0.2) is 30.6 Å². The molecule has 18 heavy (non-hydrogen) atoms. The van der Waals surface area contributed by atoms with Crippen LogP contribution < -0.4 is 5.32 Å². The standard InChI is InChI=1S/C13H17IN4/c1-10(2)15-7-13-16-9-18(17-13)8-11-3-5-12(14)6-4-11/h3-6,9-10,15H,7-8H2,1-2H3. The topological polar surface area (TPSA) is 42.7 Å². The summed E-state index contributed by atoms with van der Waals surface area (Å²) in [5.74, 6) is 0.842. The SMILES string of the molecule is CC(C)NCc1ncn(Cc2ccc(I)cc2)n1. The average Bonchev–Trinajstić information content (AvgIpc) is 2.77. The van der Waals surface area contributed by atoms with Crippen molar-refractivity contribution in [3.05, 3.63) is 45.6 Å². The van der Waals surface area contributed by atoms with Gasteiger partial charge in [-0.3, -0.25) is 0 Å². The average molecular weight is 356 g/mol. The van der Waals surface area contributed by atoms with Crippen LogP contribution in [-0.2, 0) is 13.1 Å². The third-order valence-corrected chi connectivity index (χ3v) is 3.23. The van der Waals surface area contributed by atoms with Crippen molar-refractivity contribution in [2.24, 2.45) is 0 Å². The Hall–Kier alpha value is -0.950. The third kappa shape index (κ3) is 4.06. The van der Waals surface area contributed by atoms with Gasteiger partial charge in [0.1, 0.15) is 6.33 Å². The summed E-state index contributed by atoms with van der Waals surface area (Å²) in [6.45, 7) is 5.72. The number of rotatable bonds is 5. The maximum atomic E-state index is 4.44. The third-order valence-electron chi connectivity index (χ3n) is 2.51. The van der Waals surface area contributed by atoms with E-state index >= 15 is 0 Å². The molecule has 0 saturated carbocycles. The Kier molecular flexibility index (Phi) is 4.71. The zero-order valence-corrected chi connectivity index (χ0v) is 12.8. The maximum Gasteiger partial charge on any atom is 0.164 e. The number of aromatic nitrogens is 3. The van der Waals surface area contributed by atoms with Crippen molar-refractivity contribution in [2.45, 2.75) is 33.0 Å². The molecule has 2 aromatic rings. The molecule has 0 atom stereocenters. The second-order valence-electron chi connectivity index (χ2n) is 4.52. The van der Waals surface area contributed by atoms with Crippen LogP contribution in [-0.4, -0.2) is 20.8 Å². The van der Waals surface area contributed by atoms with E-state index in [2.05, 4.69) is 76.1 Å². The summed E-state index contributed by atoms with van der Waals surface area (Å²) in [4.78, 5) is 4.29. The van der Waals surface area contributed by atoms with Gasteiger partial charge < -0.3 is 5.32 Å². The minimum Gasteiger partial charge on any atom is -0.308 e. The maximum absolute atomic E-state index is 4.44. The van der Waals surface area contributed by atoms with Gasteiger partial charge in [0.25, 0.3) is 0 Å². The van der Waals surface area contributed by atoms with Crippen LogP contribution in [0, 0.1) is 3.57 Å². The minimum absolute atomic E-state index is 0.452. The predicted molar refractivity (Wildman–Crippen MR) is 80.3 cm³/mol. The second-order valence-corrected chi connectivity index (χ2v) is 5.77. The molecule has 0 fully saturated rings. The van der Waals surface area contributed by atoms with E-state index in [0.29, 0.717) is 6.04 Å². The molecule has 2 rings (SSSR count). The lowest BCUT2D eigenvalue weighted by Gasteiger charge is -2.04. The van der Waals surface area contributed by atoms with E-state index in [9.17, 15) is 0 Å². The Morgan fingerprint density at radius 3 is 2.67 bits per heavy atom. The van der Waals surface area contributed by atoms with Crippen LogP contribution in [0.5, 0.6) is 0 Å². The van der Waals surface area contributed by atoms with Crippen LogP contribution in [0.25, 0.3) is 0 Å². The van der Waals surface area contributed by atoms with Crippen LogP contribution in [0.4, 0.5) is 0 Å². The summed E-state index contributed by atoms with van der Waals surface area (Å²) in [5, 5.41) is 7.75. The fraction of sp³-hybridized carbons (Fsp3) is 0.385. The lowest BCUT2D eigenvalue weighted by Crippen LogP contribution is -2.22. The molecule has 1 N–H and O–H groups in total. The Morgan fingerprint density at radius 1 is 1.28 bits per heavy atom. The first-order valence-electron chi connectivity index (χ1n) is 5.99. The largest absolute Gasteiger partial charge is 0.308 e. The molecule has 0 amide bonds. The van der Waals surface area contributed by atoms with Crippen molar-refractivity contribution >= 4 is 22.6 Å². The Bertz CT molecular complexity index is 490. The van der Waals surface area contributed by atoms with E-state index in [0.717, 1.165) is 18.9 Å². The van der Waals surface area contributed by atoms with Gasteiger partial charge in [-0.15, -0.1) is 0 Å². The van der Waals surface area contributed by atoms with E-state index in [1.165, 1.54) is 9.13 Å². The smallest absolute Gasteiger partial charge is 0.164 e.